The average molecular weight is 505 g/mol. The number of benzene rings is 1. The van der Waals surface area contributed by atoms with Crippen LogP contribution in [0.25, 0.3) is 10.9 Å². The number of hydrogen-bond acceptors (Lipinski definition) is 7. The van der Waals surface area contributed by atoms with E-state index in [1.54, 1.807) is 10.6 Å². The molecule has 9 nitrogen and oxygen atoms in total. The molecule has 2 aliphatic heterocycles. The van der Waals surface area contributed by atoms with Gasteiger partial charge in [0.25, 0.3) is 11.5 Å². The van der Waals surface area contributed by atoms with Gasteiger partial charge in [0.2, 0.25) is 0 Å². The Morgan fingerprint density at radius 2 is 1.83 bits per heavy atom. The summed E-state index contributed by atoms with van der Waals surface area (Å²) in [6, 6.07) is 9.68. The molecule has 0 radical (unpaired) electrons. The maximum atomic E-state index is 13.2. The van der Waals surface area contributed by atoms with Gasteiger partial charge in [-0.1, -0.05) is 18.2 Å². The van der Waals surface area contributed by atoms with Crippen LogP contribution < -0.4 is 16.2 Å². The molecule has 10 heteroatoms. The molecule has 4 atom stereocenters. The van der Waals surface area contributed by atoms with Gasteiger partial charge >= 0.3 is 0 Å². The largest absolute Gasteiger partial charge is 0.390 e. The van der Waals surface area contributed by atoms with E-state index in [2.05, 4.69) is 15.5 Å². The Labute approximate surface area is 206 Å². The van der Waals surface area contributed by atoms with Gasteiger partial charge in [-0.25, -0.2) is 8.42 Å². The highest BCUT2D eigenvalue weighted by Gasteiger charge is 2.41. The fourth-order valence-electron chi connectivity index (χ4n) is 5.63. The number of carbonyl (C=O) groups is 1. The highest BCUT2D eigenvalue weighted by atomic mass is 32.2. The van der Waals surface area contributed by atoms with Crippen molar-refractivity contribution >= 4 is 26.6 Å². The van der Waals surface area contributed by atoms with Crippen molar-refractivity contribution in [2.24, 2.45) is 0 Å². The summed E-state index contributed by atoms with van der Waals surface area (Å²) in [7, 11) is -3.13. The Morgan fingerprint density at radius 3 is 2.46 bits per heavy atom. The zero-order valence-electron chi connectivity index (χ0n) is 20.6. The number of para-hydroxylation sites is 1. The summed E-state index contributed by atoms with van der Waals surface area (Å²) in [5, 5.41) is 17.2. The number of nitrogens with zero attached hydrogens (tertiary/aromatic N) is 2. The predicted molar refractivity (Wildman–Crippen MR) is 136 cm³/mol. The van der Waals surface area contributed by atoms with Gasteiger partial charge < -0.3 is 20.3 Å². The number of aliphatic hydroxyl groups excluding tert-OH is 1. The first-order valence-corrected chi connectivity index (χ1v) is 14.4. The van der Waals surface area contributed by atoms with Crippen LogP contribution in [0.1, 0.15) is 55.9 Å². The standard InChI is InChI=1S/C25H36N4O5S/c1-16(2)29-23-7-5-4-6-17(23)10-22(25(29)32)24(31)27-18-11-19-8-9-20(12-18)28(19)14-21(30)13-26-15-35(3,33)34/h4-7,10,16,18-21,26,30H,8-9,11-15H2,1-3H3,(H,27,31)/t18?,19-,20+,21-/m0/s1. The molecule has 1 aromatic carbocycles. The average Bonchev–Trinajstić information content (AvgIpc) is 2.99. The van der Waals surface area contributed by atoms with Crippen molar-refractivity contribution in [3.8, 4) is 0 Å². The third kappa shape index (κ3) is 5.94. The van der Waals surface area contributed by atoms with Crippen LogP contribution in [0.5, 0.6) is 0 Å². The van der Waals surface area contributed by atoms with E-state index in [1.807, 2.05) is 38.1 Å². The molecule has 1 unspecified atom stereocenters. The van der Waals surface area contributed by atoms with Crippen molar-refractivity contribution < 1.29 is 18.3 Å². The Bertz CT molecular complexity index is 1230. The lowest BCUT2D eigenvalue weighted by molar-refractivity contribution is 0.0509. The van der Waals surface area contributed by atoms with Crippen LogP contribution >= 0.6 is 0 Å². The normalized spacial score (nSPS) is 23.6. The van der Waals surface area contributed by atoms with Crippen molar-refractivity contribution in [1.29, 1.82) is 0 Å². The Kier molecular flexibility index (Phi) is 7.65. The molecule has 3 heterocycles. The number of nitrogens with one attached hydrogen (secondary N) is 2. The van der Waals surface area contributed by atoms with Crippen molar-refractivity contribution in [1.82, 2.24) is 20.1 Å². The third-order valence-electron chi connectivity index (χ3n) is 7.09. The Hall–Kier alpha value is -2.27. The zero-order chi connectivity index (χ0) is 25.3. The molecule has 0 aliphatic carbocycles. The smallest absolute Gasteiger partial charge is 0.264 e. The van der Waals surface area contributed by atoms with E-state index in [0.29, 0.717) is 6.54 Å². The van der Waals surface area contributed by atoms with Gasteiger partial charge in [-0.3, -0.25) is 14.5 Å². The molecule has 2 saturated heterocycles. The number of carbonyl (C=O) groups excluding carboxylic acids is 1. The minimum absolute atomic E-state index is 0.0323. The van der Waals surface area contributed by atoms with Crippen molar-refractivity contribution in [2.75, 3.05) is 25.2 Å². The summed E-state index contributed by atoms with van der Waals surface area (Å²) < 4.78 is 24.2. The maximum absolute atomic E-state index is 13.2. The second kappa shape index (κ2) is 10.4. The van der Waals surface area contributed by atoms with Gasteiger partial charge in [-0.2, -0.15) is 0 Å². The Morgan fingerprint density at radius 1 is 1.17 bits per heavy atom. The summed E-state index contributed by atoms with van der Waals surface area (Å²) in [6.45, 7) is 4.56. The number of fused-ring (bicyclic) bond motifs is 3. The number of sulfone groups is 1. The molecular weight excluding hydrogens is 468 g/mol. The van der Waals surface area contributed by atoms with Gasteiger partial charge in [0.1, 0.15) is 5.56 Å². The molecule has 3 N–H and O–H groups in total. The number of amides is 1. The highest BCUT2D eigenvalue weighted by Crippen LogP contribution is 2.35. The zero-order valence-corrected chi connectivity index (χ0v) is 21.4. The molecule has 1 aromatic heterocycles. The number of aliphatic hydroxyl groups is 1. The lowest BCUT2D eigenvalue weighted by Gasteiger charge is -2.40. The quantitative estimate of drug-likeness (QED) is 0.470. The van der Waals surface area contributed by atoms with E-state index in [9.17, 15) is 23.1 Å². The van der Waals surface area contributed by atoms with Crippen LogP contribution in [0, 0.1) is 0 Å². The van der Waals surface area contributed by atoms with Crippen molar-refractivity contribution in [3.63, 3.8) is 0 Å². The molecule has 4 rings (SSSR count). The van der Waals surface area contributed by atoms with E-state index in [4.69, 9.17) is 0 Å². The molecule has 0 spiro atoms. The molecule has 1 amide bonds. The second-order valence-electron chi connectivity index (χ2n) is 10.3. The SMILES string of the molecule is CC(C)n1c(=O)c(C(=O)NC2C[C@H]3CC[C@@H](C2)N3C[C@@H](O)CNCS(C)(=O)=O)cc2ccccc21. The lowest BCUT2D eigenvalue weighted by Crippen LogP contribution is -2.53. The van der Waals surface area contributed by atoms with Gasteiger partial charge in [0, 0.05) is 43.5 Å². The van der Waals surface area contributed by atoms with Crippen LogP contribution in [-0.4, -0.2) is 78.4 Å². The van der Waals surface area contributed by atoms with Crippen molar-refractivity contribution in [2.45, 2.75) is 69.8 Å². The van der Waals surface area contributed by atoms with E-state index in [0.717, 1.165) is 42.8 Å². The summed E-state index contributed by atoms with van der Waals surface area (Å²) in [6.07, 6.45) is 4.00. The number of piperidine rings is 1. The lowest BCUT2D eigenvalue weighted by atomic mass is 9.96. The first-order valence-electron chi connectivity index (χ1n) is 12.3. The van der Waals surface area contributed by atoms with Gasteiger partial charge in [0.15, 0.2) is 9.84 Å². The number of pyridine rings is 1. The minimum Gasteiger partial charge on any atom is -0.390 e. The molecule has 192 valence electrons. The highest BCUT2D eigenvalue weighted by molar-refractivity contribution is 7.90. The summed E-state index contributed by atoms with van der Waals surface area (Å²) >= 11 is 0. The predicted octanol–water partition coefficient (Wildman–Crippen LogP) is 1.26. The van der Waals surface area contributed by atoms with Gasteiger partial charge in [-0.05, 0) is 57.0 Å². The summed E-state index contributed by atoms with van der Waals surface area (Å²) in [5.74, 6) is -0.490. The molecule has 35 heavy (non-hydrogen) atoms. The van der Waals surface area contributed by atoms with Crippen LogP contribution in [0.3, 0.4) is 0 Å². The third-order valence-corrected chi connectivity index (χ3v) is 7.82. The summed E-state index contributed by atoms with van der Waals surface area (Å²) in [5.41, 5.74) is 0.709. The van der Waals surface area contributed by atoms with Crippen LogP contribution in [0.15, 0.2) is 35.1 Å². The fourth-order valence-corrected chi connectivity index (χ4v) is 6.12. The van der Waals surface area contributed by atoms with Gasteiger partial charge in [0.05, 0.1) is 17.5 Å². The monoisotopic (exact) mass is 504 g/mol. The second-order valence-corrected chi connectivity index (χ2v) is 12.4. The first kappa shape index (κ1) is 25.8. The first-order chi connectivity index (χ1) is 16.5. The minimum atomic E-state index is -3.13. The maximum Gasteiger partial charge on any atom is 0.264 e. The number of hydrogen-bond donors (Lipinski definition) is 3. The van der Waals surface area contributed by atoms with Crippen LogP contribution in [0.2, 0.25) is 0 Å². The molecular formula is C25H36N4O5S. The summed E-state index contributed by atoms with van der Waals surface area (Å²) in [4.78, 5) is 28.7. The Balaban J connectivity index is 1.41. The van der Waals surface area contributed by atoms with Crippen LogP contribution in [0.4, 0.5) is 0 Å². The molecule has 0 saturated carbocycles. The topological polar surface area (TPSA) is 121 Å². The molecule has 2 aromatic rings. The van der Waals surface area contributed by atoms with E-state index < -0.39 is 15.9 Å². The number of aromatic nitrogens is 1. The number of rotatable bonds is 9. The van der Waals surface area contributed by atoms with Gasteiger partial charge in [-0.15, -0.1) is 0 Å². The van der Waals surface area contributed by atoms with Crippen molar-refractivity contribution in [3.05, 3.63) is 46.2 Å². The van der Waals surface area contributed by atoms with E-state index in [-0.39, 0.29) is 53.6 Å². The molecule has 2 fully saturated rings. The van der Waals surface area contributed by atoms with E-state index in [1.165, 1.54) is 0 Å². The molecule has 2 bridgehead atoms. The molecule has 2 aliphatic rings. The fraction of sp³-hybridized carbons (Fsp3) is 0.600. The van der Waals surface area contributed by atoms with E-state index >= 15 is 0 Å². The van der Waals surface area contributed by atoms with Crippen LogP contribution in [-0.2, 0) is 9.84 Å².